The third-order valence-electron chi connectivity index (χ3n) is 2.89. The third kappa shape index (κ3) is 4.86. The Bertz CT molecular complexity index is 654. The van der Waals surface area contributed by atoms with Gasteiger partial charge in [-0.05, 0) is 11.6 Å². The van der Waals surface area contributed by atoms with Crippen LogP contribution in [-0.2, 0) is 11.3 Å². The van der Waals surface area contributed by atoms with Crippen molar-refractivity contribution in [3.63, 3.8) is 0 Å². The zero-order valence-electron chi connectivity index (χ0n) is 11.9. The highest BCUT2D eigenvalue weighted by atomic mass is 16.5. The minimum Gasteiger partial charge on any atom is -0.445 e. The van der Waals surface area contributed by atoms with Crippen LogP contribution in [0, 0.1) is 0 Å². The summed E-state index contributed by atoms with van der Waals surface area (Å²) in [5.41, 5.74) is 2.19. The summed E-state index contributed by atoms with van der Waals surface area (Å²) < 4.78 is 5.07. The Morgan fingerprint density at radius 1 is 1.18 bits per heavy atom. The highest BCUT2D eigenvalue weighted by Crippen LogP contribution is 2.05. The number of nitrogens with zero attached hydrogens (tertiary/aromatic N) is 1. The van der Waals surface area contributed by atoms with E-state index >= 15 is 0 Å². The van der Waals surface area contributed by atoms with E-state index in [0.29, 0.717) is 17.7 Å². The third-order valence-corrected chi connectivity index (χ3v) is 2.89. The number of ether oxygens (including phenoxy) is 1. The predicted octanol–water partition coefficient (Wildman–Crippen LogP) is 2.83. The average molecular weight is 296 g/mol. The monoisotopic (exact) mass is 296 g/mol. The molecule has 1 heterocycles. The van der Waals surface area contributed by atoms with E-state index in [1.165, 1.54) is 0 Å². The van der Waals surface area contributed by atoms with Gasteiger partial charge in [0, 0.05) is 30.1 Å². The lowest BCUT2D eigenvalue weighted by molar-refractivity contribution is 0.112. The largest absolute Gasteiger partial charge is 0.445 e. The molecule has 2 aromatic rings. The second-order valence-corrected chi connectivity index (χ2v) is 4.47. The van der Waals surface area contributed by atoms with Gasteiger partial charge in [0.15, 0.2) is 6.29 Å². The number of alkyl carbamates (subject to hydrolysis) is 1. The number of hydrogen-bond acceptors (Lipinski definition) is 4. The number of carbonyl (C=O) groups is 2. The highest BCUT2D eigenvalue weighted by Gasteiger charge is 2.00. The van der Waals surface area contributed by atoms with Crippen LogP contribution >= 0.6 is 0 Å². The fraction of sp³-hybridized carbons (Fsp3) is 0.118. The lowest BCUT2D eigenvalue weighted by Gasteiger charge is -2.05. The van der Waals surface area contributed by atoms with Gasteiger partial charge in [-0.3, -0.25) is 9.78 Å². The molecule has 5 nitrogen and oxygen atoms in total. The molecule has 22 heavy (non-hydrogen) atoms. The summed E-state index contributed by atoms with van der Waals surface area (Å²) in [4.78, 5) is 26.3. The molecule has 0 unspecified atom stereocenters. The van der Waals surface area contributed by atoms with Crippen LogP contribution in [-0.4, -0.2) is 23.9 Å². The van der Waals surface area contributed by atoms with Crippen LogP contribution in [0.2, 0.25) is 0 Å². The van der Waals surface area contributed by atoms with E-state index in [1.807, 2.05) is 30.3 Å². The van der Waals surface area contributed by atoms with Crippen molar-refractivity contribution in [3.8, 4) is 0 Å². The molecule has 0 fully saturated rings. The second-order valence-electron chi connectivity index (χ2n) is 4.47. The van der Waals surface area contributed by atoms with Crippen LogP contribution in [0.4, 0.5) is 4.79 Å². The number of hydrogen-bond donors (Lipinski definition) is 1. The molecule has 5 heteroatoms. The molecule has 0 aliphatic rings. The van der Waals surface area contributed by atoms with Crippen molar-refractivity contribution in [3.05, 3.63) is 71.6 Å². The van der Waals surface area contributed by atoms with Crippen LogP contribution in [0.25, 0.3) is 6.08 Å². The van der Waals surface area contributed by atoms with E-state index in [2.05, 4.69) is 10.3 Å². The first-order chi connectivity index (χ1) is 10.8. The molecule has 1 amide bonds. The Balaban J connectivity index is 1.75. The number of rotatable bonds is 6. The smallest absolute Gasteiger partial charge is 0.407 e. The van der Waals surface area contributed by atoms with E-state index in [-0.39, 0.29) is 6.61 Å². The molecule has 1 aromatic heterocycles. The van der Waals surface area contributed by atoms with Gasteiger partial charge in [-0.25, -0.2) is 4.79 Å². The van der Waals surface area contributed by atoms with Crippen molar-refractivity contribution in [1.82, 2.24) is 10.3 Å². The zero-order valence-corrected chi connectivity index (χ0v) is 11.9. The van der Waals surface area contributed by atoms with Gasteiger partial charge in [-0.2, -0.15) is 0 Å². The predicted molar refractivity (Wildman–Crippen MR) is 83.3 cm³/mol. The van der Waals surface area contributed by atoms with Gasteiger partial charge in [0.05, 0.1) is 0 Å². The van der Waals surface area contributed by atoms with Crippen molar-refractivity contribution in [2.45, 2.75) is 6.61 Å². The average Bonchev–Trinajstić information content (AvgIpc) is 2.58. The van der Waals surface area contributed by atoms with E-state index in [1.54, 1.807) is 30.6 Å². The number of aromatic nitrogens is 1. The van der Waals surface area contributed by atoms with Gasteiger partial charge in [-0.1, -0.05) is 42.5 Å². The first kappa shape index (κ1) is 15.4. The molecule has 0 radical (unpaired) electrons. The number of nitrogens with one attached hydrogen (secondary N) is 1. The molecule has 1 aromatic carbocycles. The number of amides is 1. The zero-order chi connectivity index (χ0) is 15.6. The molecular weight excluding hydrogens is 280 g/mol. The summed E-state index contributed by atoms with van der Waals surface area (Å²) in [6.07, 6.45) is 6.88. The molecule has 0 atom stereocenters. The normalized spacial score (nSPS) is 10.4. The Morgan fingerprint density at radius 3 is 2.77 bits per heavy atom. The Labute approximate surface area is 128 Å². The molecule has 0 saturated carbocycles. The maximum atomic E-state index is 11.5. The first-order valence-electron chi connectivity index (χ1n) is 6.80. The summed E-state index contributed by atoms with van der Waals surface area (Å²) >= 11 is 0. The number of aldehydes is 1. The summed E-state index contributed by atoms with van der Waals surface area (Å²) in [7, 11) is 0. The number of carbonyl (C=O) groups excluding carboxylic acids is 2. The van der Waals surface area contributed by atoms with Crippen molar-refractivity contribution in [2.75, 3.05) is 6.54 Å². The Kier molecular flexibility index (Phi) is 5.87. The quantitative estimate of drug-likeness (QED) is 0.832. The molecule has 2 rings (SSSR count). The first-order valence-corrected chi connectivity index (χ1v) is 6.80. The van der Waals surface area contributed by atoms with Crippen molar-refractivity contribution < 1.29 is 14.3 Å². The molecule has 0 bridgehead atoms. The Hall–Kier alpha value is -2.95. The van der Waals surface area contributed by atoms with Crippen molar-refractivity contribution in [1.29, 1.82) is 0 Å². The fourth-order valence-corrected chi connectivity index (χ4v) is 1.77. The van der Waals surface area contributed by atoms with Crippen LogP contribution < -0.4 is 5.32 Å². The molecule has 0 spiro atoms. The molecule has 0 aliphatic carbocycles. The van der Waals surface area contributed by atoms with E-state index in [4.69, 9.17) is 4.74 Å². The standard InChI is InChI=1S/C17H16N2O3/c20-12-16-8-10-18-11-15(16)7-4-9-19-17(21)22-13-14-5-2-1-3-6-14/h1-8,10-12H,9,13H2,(H,19,21). The second kappa shape index (κ2) is 8.36. The number of pyridine rings is 1. The van der Waals surface area contributed by atoms with Crippen molar-refractivity contribution >= 4 is 18.5 Å². The van der Waals surface area contributed by atoms with E-state index < -0.39 is 6.09 Å². The van der Waals surface area contributed by atoms with Crippen LogP contribution in [0.15, 0.2) is 54.9 Å². The molecule has 1 N–H and O–H groups in total. The molecule has 112 valence electrons. The van der Waals surface area contributed by atoms with E-state index in [9.17, 15) is 9.59 Å². The van der Waals surface area contributed by atoms with Crippen LogP contribution in [0.1, 0.15) is 21.5 Å². The van der Waals surface area contributed by atoms with Gasteiger partial charge < -0.3 is 10.1 Å². The van der Waals surface area contributed by atoms with Gasteiger partial charge in [-0.15, -0.1) is 0 Å². The molecule has 0 saturated heterocycles. The van der Waals surface area contributed by atoms with Crippen molar-refractivity contribution in [2.24, 2.45) is 0 Å². The summed E-state index contributed by atoms with van der Waals surface area (Å²) in [5, 5.41) is 2.60. The lowest BCUT2D eigenvalue weighted by atomic mass is 10.1. The van der Waals surface area contributed by atoms with Gasteiger partial charge in [0.25, 0.3) is 0 Å². The highest BCUT2D eigenvalue weighted by molar-refractivity contribution is 5.81. The number of benzene rings is 1. The minimum atomic E-state index is -0.490. The van der Waals surface area contributed by atoms with Crippen LogP contribution in [0.3, 0.4) is 0 Å². The fourth-order valence-electron chi connectivity index (χ4n) is 1.77. The maximum Gasteiger partial charge on any atom is 0.407 e. The summed E-state index contributed by atoms with van der Waals surface area (Å²) in [5.74, 6) is 0. The molecular formula is C17H16N2O3. The molecule has 0 aliphatic heterocycles. The van der Waals surface area contributed by atoms with Gasteiger partial charge >= 0.3 is 6.09 Å². The maximum absolute atomic E-state index is 11.5. The van der Waals surface area contributed by atoms with Crippen LogP contribution in [0.5, 0.6) is 0 Å². The summed E-state index contributed by atoms with van der Waals surface area (Å²) in [6, 6.07) is 11.1. The topological polar surface area (TPSA) is 68.3 Å². The van der Waals surface area contributed by atoms with Gasteiger partial charge in [0.1, 0.15) is 6.61 Å². The SMILES string of the molecule is O=Cc1ccncc1C=CCNC(=O)OCc1ccccc1. The Morgan fingerprint density at radius 2 is 2.00 bits per heavy atom. The summed E-state index contributed by atoms with van der Waals surface area (Å²) in [6.45, 7) is 0.537. The minimum absolute atomic E-state index is 0.230. The van der Waals surface area contributed by atoms with E-state index in [0.717, 1.165) is 11.8 Å². The lowest BCUT2D eigenvalue weighted by Crippen LogP contribution is -2.24. The van der Waals surface area contributed by atoms with Gasteiger partial charge in [0.2, 0.25) is 0 Å².